The molecule has 4 aromatic rings. The van der Waals surface area contributed by atoms with Crippen LogP contribution < -0.4 is 10.5 Å². The highest BCUT2D eigenvalue weighted by atomic mass is 35.5. The van der Waals surface area contributed by atoms with Crippen molar-refractivity contribution in [3.63, 3.8) is 0 Å². The third kappa shape index (κ3) is 7.07. The Labute approximate surface area is 249 Å². The van der Waals surface area contributed by atoms with Gasteiger partial charge in [-0.25, -0.2) is 4.79 Å². The van der Waals surface area contributed by atoms with Crippen LogP contribution in [0.1, 0.15) is 47.0 Å². The summed E-state index contributed by atoms with van der Waals surface area (Å²) in [5.74, 6) is 0.702. The second-order valence-corrected chi connectivity index (χ2v) is 9.90. The smallest absolute Gasteiger partial charge is 0.416 e. The van der Waals surface area contributed by atoms with Crippen molar-refractivity contribution in [3.8, 4) is 5.75 Å². The van der Waals surface area contributed by atoms with Gasteiger partial charge in [-0.15, -0.1) is 0 Å². The summed E-state index contributed by atoms with van der Waals surface area (Å²) in [4.78, 5) is 18.3. The predicted molar refractivity (Wildman–Crippen MR) is 154 cm³/mol. The third-order valence-corrected chi connectivity index (χ3v) is 6.83. The molecule has 1 aromatic heterocycles. The predicted octanol–water partition coefficient (Wildman–Crippen LogP) is 8.37. The number of furan rings is 1. The molecule has 0 saturated carbocycles. The molecular weight excluding hydrogens is 594 g/mol. The number of nitrogens with two attached hydrogens (primary N) is 1. The van der Waals surface area contributed by atoms with Gasteiger partial charge in [-0.05, 0) is 72.6 Å². The number of hydrogen-bond acceptors (Lipinski definition) is 5. The molecule has 2 heterocycles. The van der Waals surface area contributed by atoms with Crippen LogP contribution in [0.25, 0.3) is 0 Å². The first-order valence-electron chi connectivity index (χ1n) is 12.7. The summed E-state index contributed by atoms with van der Waals surface area (Å²) < 4.78 is 50.4. The van der Waals surface area contributed by atoms with Gasteiger partial charge in [-0.3, -0.25) is 9.89 Å². The average molecular weight is 620 g/mol. The van der Waals surface area contributed by atoms with E-state index in [0.717, 1.165) is 22.8 Å². The van der Waals surface area contributed by atoms with E-state index in [2.05, 4.69) is 0 Å². The second kappa shape index (κ2) is 13.3. The van der Waals surface area contributed by atoms with Crippen molar-refractivity contribution in [1.82, 2.24) is 4.90 Å². The summed E-state index contributed by atoms with van der Waals surface area (Å²) >= 11 is 12.1. The maximum atomic E-state index is 13.3. The van der Waals surface area contributed by atoms with E-state index in [1.165, 1.54) is 6.07 Å². The number of ether oxygens (including phenoxy) is 1. The van der Waals surface area contributed by atoms with Crippen LogP contribution in [-0.2, 0) is 12.7 Å². The molecule has 0 bridgehead atoms. The lowest BCUT2D eigenvalue weighted by Gasteiger charge is -2.27. The van der Waals surface area contributed by atoms with Crippen LogP contribution in [0.2, 0.25) is 10.0 Å². The molecule has 1 amide bonds. The number of amidine groups is 1. The molecule has 1 aliphatic heterocycles. The van der Waals surface area contributed by atoms with Gasteiger partial charge in [0.15, 0.2) is 0 Å². The fraction of sp³-hybridized carbons (Fsp3) is 0.200. The first-order valence-corrected chi connectivity index (χ1v) is 13.5. The Morgan fingerprint density at radius 1 is 1.02 bits per heavy atom. The van der Waals surface area contributed by atoms with E-state index in [1.807, 2.05) is 12.1 Å². The van der Waals surface area contributed by atoms with Crippen molar-refractivity contribution in [2.75, 3.05) is 6.61 Å². The van der Waals surface area contributed by atoms with E-state index in [0.29, 0.717) is 27.7 Å². The van der Waals surface area contributed by atoms with E-state index in [4.69, 9.17) is 43.1 Å². The summed E-state index contributed by atoms with van der Waals surface area (Å²) in [5, 5.41) is 11.2. The minimum absolute atomic E-state index is 0.0189. The molecular formula is C30H26Cl2F3N3O4. The Morgan fingerprint density at radius 2 is 1.64 bits per heavy atom. The van der Waals surface area contributed by atoms with Crippen molar-refractivity contribution in [3.05, 3.63) is 123 Å². The van der Waals surface area contributed by atoms with Crippen LogP contribution in [0.3, 0.4) is 0 Å². The van der Waals surface area contributed by atoms with Gasteiger partial charge >= 0.3 is 12.3 Å². The highest BCUT2D eigenvalue weighted by molar-refractivity contribution is 6.30. The summed E-state index contributed by atoms with van der Waals surface area (Å²) in [7, 11) is 0. The number of rotatable bonds is 6. The Morgan fingerprint density at radius 3 is 2.12 bits per heavy atom. The lowest BCUT2D eigenvalue weighted by molar-refractivity contribution is -0.137. The third-order valence-electron chi connectivity index (χ3n) is 6.33. The molecule has 3 aromatic carbocycles. The number of amides is 1. The van der Waals surface area contributed by atoms with Gasteiger partial charge in [0.05, 0.1) is 36.6 Å². The number of alkyl halides is 3. The van der Waals surface area contributed by atoms with E-state index in [1.54, 1.807) is 61.7 Å². The summed E-state index contributed by atoms with van der Waals surface area (Å²) in [6, 6.07) is 18.5. The quantitative estimate of drug-likeness (QED) is 0.226. The minimum atomic E-state index is -4.59. The Hall–Kier alpha value is -3.99. The number of carboxylic acid groups (broad SMARTS) is 1. The van der Waals surface area contributed by atoms with Crippen molar-refractivity contribution in [2.45, 2.75) is 31.7 Å². The Bertz CT molecular complexity index is 1530. The number of carbonyl (C=O) groups is 1. The van der Waals surface area contributed by atoms with E-state index in [9.17, 15) is 23.1 Å². The zero-order chi connectivity index (χ0) is 30.4. The van der Waals surface area contributed by atoms with E-state index >= 15 is 0 Å². The fourth-order valence-electron chi connectivity index (χ4n) is 4.44. The van der Waals surface area contributed by atoms with Crippen LogP contribution in [0.5, 0.6) is 5.75 Å². The van der Waals surface area contributed by atoms with Crippen LogP contribution in [0.15, 0.2) is 94.5 Å². The van der Waals surface area contributed by atoms with E-state index in [-0.39, 0.29) is 23.8 Å². The zero-order valence-electron chi connectivity index (χ0n) is 22.2. The normalized spacial score (nSPS) is 16.5. The number of hydrogen-bond donors (Lipinski definition) is 2. The fourth-order valence-corrected chi connectivity index (χ4v) is 4.69. The first kappa shape index (κ1) is 31.0. The molecule has 7 nitrogen and oxygen atoms in total. The van der Waals surface area contributed by atoms with Crippen molar-refractivity contribution in [1.29, 1.82) is 0 Å². The molecule has 42 heavy (non-hydrogen) atoms. The maximum absolute atomic E-state index is 13.3. The molecule has 12 heteroatoms. The van der Waals surface area contributed by atoms with Gasteiger partial charge in [-0.2, -0.15) is 13.2 Å². The number of nitrogens with zero attached hydrogens (tertiary/aromatic N) is 2. The largest absolute Gasteiger partial charge is 0.493 e. The Balaban J connectivity index is 0.000000507. The molecule has 2 unspecified atom stereocenters. The lowest BCUT2D eigenvalue weighted by Crippen LogP contribution is -2.37. The lowest BCUT2D eigenvalue weighted by atomic mass is 9.94. The molecule has 5 rings (SSSR count). The van der Waals surface area contributed by atoms with Gasteiger partial charge < -0.3 is 20.0 Å². The van der Waals surface area contributed by atoms with Crippen molar-refractivity contribution < 1.29 is 32.2 Å². The monoisotopic (exact) mass is 619 g/mol. The highest BCUT2D eigenvalue weighted by Crippen LogP contribution is 2.45. The van der Waals surface area contributed by atoms with Crippen LogP contribution >= 0.6 is 23.2 Å². The molecule has 0 fully saturated rings. The standard InChI is InChI=1S/C25H19Cl2F3N2O3.C5H7NO/c1-2-35-20-13-16(25(28,29)30)7-12-19(20)23-31-21(14-3-8-17(26)9-4-14)22(32(23)24(33)34)15-5-10-18(27)11-6-15;6-4-5-2-1-3-7-5/h3-13,21-22H,2H2,1H3,(H,33,34);1-3H,4,6H2. The maximum Gasteiger partial charge on any atom is 0.416 e. The van der Waals surface area contributed by atoms with Crippen molar-refractivity contribution >= 4 is 35.1 Å². The molecule has 0 saturated heterocycles. The topological polar surface area (TPSA) is 101 Å². The van der Waals surface area contributed by atoms with Gasteiger partial charge in [0.25, 0.3) is 0 Å². The van der Waals surface area contributed by atoms with Gasteiger partial charge in [0.1, 0.15) is 23.4 Å². The SMILES string of the molecule is CCOc1cc(C(F)(F)F)ccc1C1=NC(c2ccc(Cl)cc2)C(c2ccc(Cl)cc2)N1C(=O)O.NCc1ccco1. The highest BCUT2D eigenvalue weighted by Gasteiger charge is 2.43. The molecule has 1 aliphatic rings. The van der Waals surface area contributed by atoms with Gasteiger partial charge in [-0.1, -0.05) is 47.5 Å². The van der Waals surface area contributed by atoms with Crippen LogP contribution in [0, 0.1) is 0 Å². The molecule has 2 atom stereocenters. The first-order chi connectivity index (χ1) is 20.0. The molecule has 3 N–H and O–H groups in total. The molecule has 220 valence electrons. The number of halogens is 5. The summed E-state index contributed by atoms with van der Waals surface area (Å²) in [6.45, 7) is 2.20. The van der Waals surface area contributed by atoms with Gasteiger partial charge in [0, 0.05) is 10.0 Å². The van der Waals surface area contributed by atoms with Crippen LogP contribution in [0.4, 0.5) is 18.0 Å². The zero-order valence-corrected chi connectivity index (χ0v) is 23.7. The minimum Gasteiger partial charge on any atom is -0.493 e. The molecule has 0 aliphatic carbocycles. The summed E-state index contributed by atoms with van der Waals surface area (Å²) in [5.41, 5.74) is 5.72. The number of aliphatic imine (C=N–C) groups is 1. The molecule has 0 spiro atoms. The van der Waals surface area contributed by atoms with Crippen LogP contribution in [-0.4, -0.2) is 28.5 Å². The average Bonchev–Trinajstić information content (AvgIpc) is 3.63. The van der Waals surface area contributed by atoms with Gasteiger partial charge in [0.2, 0.25) is 0 Å². The Kier molecular flexibility index (Phi) is 9.82. The number of benzene rings is 3. The second-order valence-electron chi connectivity index (χ2n) is 9.02. The van der Waals surface area contributed by atoms with Crippen molar-refractivity contribution in [2.24, 2.45) is 10.7 Å². The van der Waals surface area contributed by atoms with E-state index < -0.39 is 29.9 Å². The molecule has 0 radical (unpaired) electrons. The summed E-state index contributed by atoms with van der Waals surface area (Å²) in [6.07, 6.45) is -4.30.